The van der Waals surface area contributed by atoms with Crippen LogP contribution in [0.1, 0.15) is 19.6 Å². The molecule has 1 aromatic heterocycles. The van der Waals surface area contributed by atoms with Crippen molar-refractivity contribution >= 4 is 21.7 Å². The van der Waals surface area contributed by atoms with Gasteiger partial charge in [0.1, 0.15) is 11.5 Å². The number of piperazine rings is 1. The number of benzene rings is 1. The van der Waals surface area contributed by atoms with Crippen LogP contribution in [-0.4, -0.2) is 67.5 Å². The Morgan fingerprint density at radius 3 is 2.45 bits per heavy atom. The lowest BCUT2D eigenvalue weighted by Crippen LogP contribution is -2.53. The van der Waals surface area contributed by atoms with Crippen LogP contribution in [0.4, 0.5) is 5.82 Å². The summed E-state index contributed by atoms with van der Waals surface area (Å²) < 4.78 is 37.5. The number of hydrogen-bond acceptors (Lipinski definition) is 7. The first-order valence-electron chi connectivity index (χ1n) is 9.52. The number of hydrogen-bond donors (Lipinski definition) is 1. The molecule has 1 aliphatic heterocycles. The van der Waals surface area contributed by atoms with Crippen molar-refractivity contribution in [1.82, 2.24) is 14.4 Å². The summed E-state index contributed by atoms with van der Waals surface area (Å²) in [6.45, 7) is 7.49. The number of aromatic nitrogens is 1. The molecule has 9 nitrogen and oxygen atoms in total. The highest BCUT2D eigenvalue weighted by atomic mass is 32.2. The molecule has 1 amide bonds. The van der Waals surface area contributed by atoms with Crippen LogP contribution in [0.3, 0.4) is 0 Å². The van der Waals surface area contributed by atoms with E-state index in [9.17, 15) is 13.2 Å². The van der Waals surface area contributed by atoms with E-state index in [2.05, 4.69) is 10.5 Å². The van der Waals surface area contributed by atoms with Crippen molar-refractivity contribution in [2.24, 2.45) is 0 Å². The summed E-state index contributed by atoms with van der Waals surface area (Å²) in [4.78, 5) is 14.6. The van der Waals surface area contributed by atoms with Crippen LogP contribution in [-0.2, 0) is 14.8 Å². The summed E-state index contributed by atoms with van der Waals surface area (Å²) in [5.74, 6) is 1.41. The van der Waals surface area contributed by atoms with Gasteiger partial charge in [0.05, 0.1) is 17.5 Å². The number of ether oxygens (including phenoxy) is 1. The van der Waals surface area contributed by atoms with E-state index in [0.29, 0.717) is 50.1 Å². The van der Waals surface area contributed by atoms with Crippen LogP contribution in [0.2, 0.25) is 0 Å². The van der Waals surface area contributed by atoms with Crippen LogP contribution in [0.15, 0.2) is 39.8 Å². The fourth-order valence-electron chi connectivity index (χ4n) is 3.18. The molecular weight excluding hydrogens is 396 g/mol. The predicted molar refractivity (Wildman–Crippen MR) is 107 cm³/mol. The second kappa shape index (κ2) is 8.93. The van der Waals surface area contributed by atoms with Crippen molar-refractivity contribution in [2.75, 3.05) is 38.1 Å². The molecule has 1 saturated heterocycles. The lowest BCUT2D eigenvalue weighted by atomic mass is 10.2. The first-order chi connectivity index (χ1) is 13.8. The molecule has 0 unspecified atom stereocenters. The summed E-state index contributed by atoms with van der Waals surface area (Å²) in [6.07, 6.45) is 0. The number of carbonyl (C=O) groups excluding carboxylic acids is 1. The van der Waals surface area contributed by atoms with Gasteiger partial charge in [0.25, 0.3) is 0 Å². The van der Waals surface area contributed by atoms with Gasteiger partial charge in [-0.15, -0.1) is 0 Å². The van der Waals surface area contributed by atoms with Gasteiger partial charge in [-0.25, -0.2) is 8.42 Å². The van der Waals surface area contributed by atoms with Crippen molar-refractivity contribution < 1.29 is 22.5 Å². The van der Waals surface area contributed by atoms with Crippen LogP contribution in [0.25, 0.3) is 0 Å². The maximum absolute atomic E-state index is 12.9. The summed E-state index contributed by atoms with van der Waals surface area (Å²) in [6, 6.07) is 7.66. The zero-order valence-electron chi connectivity index (χ0n) is 16.8. The van der Waals surface area contributed by atoms with Crippen LogP contribution in [0, 0.1) is 6.92 Å². The molecule has 1 atom stereocenters. The Morgan fingerprint density at radius 1 is 1.24 bits per heavy atom. The van der Waals surface area contributed by atoms with Gasteiger partial charge in [-0.3, -0.25) is 9.69 Å². The van der Waals surface area contributed by atoms with E-state index in [1.165, 1.54) is 4.31 Å². The number of rotatable bonds is 7. The van der Waals surface area contributed by atoms with Gasteiger partial charge in [0, 0.05) is 32.2 Å². The Balaban J connectivity index is 1.58. The van der Waals surface area contributed by atoms with Crippen molar-refractivity contribution in [3.8, 4) is 5.75 Å². The molecule has 1 aromatic carbocycles. The maximum atomic E-state index is 12.9. The van der Waals surface area contributed by atoms with E-state index < -0.39 is 16.1 Å². The molecule has 10 heteroatoms. The van der Waals surface area contributed by atoms with Gasteiger partial charge >= 0.3 is 0 Å². The number of anilines is 1. The van der Waals surface area contributed by atoms with E-state index >= 15 is 0 Å². The van der Waals surface area contributed by atoms with E-state index in [-0.39, 0.29) is 10.8 Å². The monoisotopic (exact) mass is 422 g/mol. The smallest absolute Gasteiger partial charge is 0.243 e. The topological polar surface area (TPSA) is 105 Å². The molecule has 0 aliphatic carbocycles. The van der Waals surface area contributed by atoms with Crippen molar-refractivity contribution in [2.45, 2.75) is 31.7 Å². The van der Waals surface area contributed by atoms with Crippen molar-refractivity contribution in [1.29, 1.82) is 0 Å². The van der Waals surface area contributed by atoms with Gasteiger partial charge in [-0.2, -0.15) is 4.31 Å². The first kappa shape index (κ1) is 21.3. The zero-order chi connectivity index (χ0) is 21.0. The van der Waals surface area contributed by atoms with E-state index in [4.69, 9.17) is 9.26 Å². The van der Waals surface area contributed by atoms with E-state index in [1.54, 1.807) is 44.2 Å². The molecule has 0 saturated carbocycles. The van der Waals surface area contributed by atoms with Crippen LogP contribution in [0.5, 0.6) is 5.75 Å². The number of carbonyl (C=O) groups is 1. The Hall–Kier alpha value is -2.43. The second-order valence-electron chi connectivity index (χ2n) is 6.83. The van der Waals surface area contributed by atoms with Gasteiger partial charge in [-0.1, -0.05) is 5.16 Å². The first-order valence-corrected chi connectivity index (χ1v) is 11.0. The highest BCUT2D eigenvalue weighted by Gasteiger charge is 2.32. The van der Waals surface area contributed by atoms with Gasteiger partial charge < -0.3 is 14.6 Å². The van der Waals surface area contributed by atoms with Gasteiger partial charge in [0.2, 0.25) is 15.9 Å². The molecule has 0 bridgehead atoms. The third-order valence-electron chi connectivity index (χ3n) is 4.85. The van der Waals surface area contributed by atoms with Crippen molar-refractivity contribution in [3.63, 3.8) is 0 Å². The molecule has 158 valence electrons. The summed E-state index contributed by atoms with van der Waals surface area (Å²) in [5, 5.41) is 6.47. The molecule has 1 fully saturated rings. The van der Waals surface area contributed by atoms with Gasteiger partial charge in [-0.05, 0) is 45.0 Å². The SMILES string of the molecule is CCOc1ccc(S(=O)(=O)N2CCN([C@@H](C)C(=O)Nc3cc(C)on3)CC2)cc1. The van der Waals surface area contributed by atoms with Gasteiger partial charge in [0.15, 0.2) is 5.82 Å². The van der Waals surface area contributed by atoms with Crippen LogP contribution < -0.4 is 10.1 Å². The summed E-state index contributed by atoms with van der Waals surface area (Å²) >= 11 is 0. The summed E-state index contributed by atoms with van der Waals surface area (Å²) in [7, 11) is -3.58. The minimum atomic E-state index is -3.58. The minimum absolute atomic E-state index is 0.207. The molecule has 0 spiro atoms. The highest BCUT2D eigenvalue weighted by molar-refractivity contribution is 7.89. The number of amides is 1. The van der Waals surface area contributed by atoms with E-state index in [1.807, 2.05) is 11.8 Å². The Kier molecular flexibility index (Phi) is 6.56. The molecular formula is C19H26N4O5S. The number of aryl methyl sites for hydroxylation is 1. The lowest BCUT2D eigenvalue weighted by molar-refractivity contribution is -0.121. The fourth-order valence-corrected chi connectivity index (χ4v) is 4.60. The average molecular weight is 423 g/mol. The normalized spacial score (nSPS) is 17.1. The van der Waals surface area contributed by atoms with E-state index in [0.717, 1.165) is 0 Å². The quantitative estimate of drug-likeness (QED) is 0.724. The molecule has 0 radical (unpaired) electrons. The Morgan fingerprint density at radius 2 is 1.90 bits per heavy atom. The average Bonchev–Trinajstić information content (AvgIpc) is 3.12. The maximum Gasteiger partial charge on any atom is 0.243 e. The molecule has 3 rings (SSSR count). The highest BCUT2D eigenvalue weighted by Crippen LogP contribution is 2.21. The molecule has 2 aromatic rings. The van der Waals surface area contributed by atoms with Crippen molar-refractivity contribution in [3.05, 3.63) is 36.1 Å². The molecule has 29 heavy (non-hydrogen) atoms. The standard InChI is InChI=1S/C19H26N4O5S/c1-4-27-16-5-7-17(8-6-16)29(25,26)23-11-9-22(10-12-23)15(3)19(24)20-18-13-14(2)28-21-18/h5-8,13,15H,4,9-12H2,1-3H3,(H,20,21,24)/t15-/m0/s1. The third-order valence-corrected chi connectivity index (χ3v) is 6.77. The number of nitrogens with zero attached hydrogens (tertiary/aromatic N) is 3. The number of sulfonamides is 1. The minimum Gasteiger partial charge on any atom is -0.494 e. The number of nitrogens with one attached hydrogen (secondary N) is 1. The lowest BCUT2D eigenvalue weighted by Gasteiger charge is -2.36. The summed E-state index contributed by atoms with van der Waals surface area (Å²) in [5.41, 5.74) is 0. The molecule has 1 N–H and O–H groups in total. The Labute approximate surface area is 170 Å². The largest absolute Gasteiger partial charge is 0.494 e. The van der Waals surface area contributed by atoms with Crippen LogP contribution >= 0.6 is 0 Å². The molecule has 1 aliphatic rings. The third kappa shape index (κ3) is 4.95. The predicted octanol–water partition coefficient (Wildman–Crippen LogP) is 1.72. The second-order valence-corrected chi connectivity index (χ2v) is 8.77. The zero-order valence-corrected chi connectivity index (χ0v) is 17.6. The molecule has 2 heterocycles. The Bertz CT molecular complexity index is 934. The fraction of sp³-hybridized carbons (Fsp3) is 0.474.